The van der Waals surface area contributed by atoms with Crippen molar-refractivity contribution in [2.45, 2.75) is 43.3 Å². The maximum Gasteiger partial charge on any atom is 0.251 e. The molecule has 2 N–H and O–H groups in total. The van der Waals surface area contributed by atoms with Crippen molar-refractivity contribution in [3.8, 4) is 11.5 Å². The van der Waals surface area contributed by atoms with Crippen LogP contribution in [0.1, 0.15) is 40.7 Å². The van der Waals surface area contributed by atoms with Crippen LogP contribution in [0.4, 0.5) is 0 Å². The zero-order valence-electron chi connectivity index (χ0n) is 22.4. The van der Waals surface area contributed by atoms with Gasteiger partial charge in [0.2, 0.25) is 15.9 Å². The van der Waals surface area contributed by atoms with Crippen LogP contribution in [0.15, 0.2) is 71.6 Å². The van der Waals surface area contributed by atoms with Gasteiger partial charge in [-0.3, -0.25) is 9.59 Å². The van der Waals surface area contributed by atoms with Crippen LogP contribution in [0.3, 0.4) is 0 Å². The second-order valence-electron chi connectivity index (χ2n) is 9.36. The largest absolute Gasteiger partial charge is 0.497 e. The van der Waals surface area contributed by atoms with Gasteiger partial charge in [0.05, 0.1) is 19.1 Å². The third-order valence-corrected chi connectivity index (χ3v) is 8.88. The number of hydrogen-bond donors (Lipinski definition) is 2. The van der Waals surface area contributed by atoms with E-state index in [9.17, 15) is 18.0 Å². The first-order valence-corrected chi connectivity index (χ1v) is 14.7. The van der Waals surface area contributed by atoms with Crippen molar-refractivity contribution >= 4 is 33.4 Å². The van der Waals surface area contributed by atoms with Crippen LogP contribution in [-0.4, -0.2) is 51.3 Å². The molecule has 1 aliphatic rings. The van der Waals surface area contributed by atoms with E-state index in [2.05, 4.69) is 10.6 Å². The average molecular weight is 586 g/mol. The number of carbonyl (C=O) groups is 2. The van der Waals surface area contributed by atoms with Gasteiger partial charge in [-0.2, -0.15) is 4.31 Å². The van der Waals surface area contributed by atoms with E-state index in [4.69, 9.17) is 21.1 Å². The number of amides is 2. The maximum absolute atomic E-state index is 13.7. The molecular weight excluding hydrogens is 554 g/mol. The monoisotopic (exact) mass is 585 g/mol. The number of methoxy groups -OCH3 is 2. The van der Waals surface area contributed by atoms with Gasteiger partial charge in [0.25, 0.3) is 5.91 Å². The van der Waals surface area contributed by atoms with E-state index in [0.29, 0.717) is 47.0 Å². The number of nitrogens with one attached hydrogen (secondary N) is 2. The first kappa shape index (κ1) is 29.4. The molecule has 1 saturated heterocycles. The van der Waals surface area contributed by atoms with E-state index in [-0.39, 0.29) is 29.8 Å². The summed E-state index contributed by atoms with van der Waals surface area (Å²) in [5.74, 6) is 0.653. The van der Waals surface area contributed by atoms with E-state index >= 15 is 0 Å². The number of ether oxygens (including phenoxy) is 2. The molecule has 40 heavy (non-hydrogen) atoms. The number of rotatable bonds is 10. The standard InChI is InChI=1S/C29H32ClN3O6S/c1-38-24-12-15-27(39-2)22(17-24)18-32-28(34)21-8-6-20(7-9-21)19-33(26-5-3-4-16-31-29(26)35)40(36,37)25-13-10-23(30)11-14-25/h6-15,17,26H,3-5,16,18-19H2,1-2H3,(H,31,35)(H,32,34)/t26-/m1/s1. The summed E-state index contributed by atoms with van der Waals surface area (Å²) in [6.07, 6.45) is 1.91. The molecule has 9 nitrogen and oxygen atoms in total. The fourth-order valence-electron chi connectivity index (χ4n) is 4.54. The smallest absolute Gasteiger partial charge is 0.251 e. The van der Waals surface area contributed by atoms with Crippen LogP contribution in [0, 0.1) is 0 Å². The van der Waals surface area contributed by atoms with Gasteiger partial charge < -0.3 is 20.1 Å². The van der Waals surface area contributed by atoms with Crippen LogP contribution in [0.5, 0.6) is 11.5 Å². The van der Waals surface area contributed by atoms with Crippen LogP contribution in [0.25, 0.3) is 0 Å². The highest BCUT2D eigenvalue weighted by molar-refractivity contribution is 7.89. The van der Waals surface area contributed by atoms with E-state index < -0.39 is 16.1 Å². The van der Waals surface area contributed by atoms with Gasteiger partial charge in [0.1, 0.15) is 17.5 Å². The number of hydrogen-bond acceptors (Lipinski definition) is 6. The van der Waals surface area contributed by atoms with Gasteiger partial charge in [-0.1, -0.05) is 23.7 Å². The van der Waals surface area contributed by atoms with E-state index in [1.807, 2.05) is 0 Å². The lowest BCUT2D eigenvalue weighted by molar-refractivity contribution is -0.124. The van der Waals surface area contributed by atoms with Gasteiger partial charge in [-0.15, -0.1) is 0 Å². The molecule has 0 aliphatic carbocycles. The summed E-state index contributed by atoms with van der Waals surface area (Å²) in [5, 5.41) is 6.11. The van der Waals surface area contributed by atoms with Gasteiger partial charge >= 0.3 is 0 Å². The number of carbonyl (C=O) groups excluding carboxylic acids is 2. The molecule has 0 aromatic heterocycles. The number of sulfonamides is 1. The lowest BCUT2D eigenvalue weighted by Crippen LogP contribution is -2.48. The minimum Gasteiger partial charge on any atom is -0.497 e. The SMILES string of the molecule is COc1ccc(OC)c(CNC(=O)c2ccc(CN([C@@H]3CCCCNC3=O)S(=O)(=O)c3ccc(Cl)cc3)cc2)c1. The second-order valence-corrected chi connectivity index (χ2v) is 11.7. The normalized spacial score (nSPS) is 15.7. The molecule has 212 valence electrons. The molecule has 1 aliphatic heterocycles. The fraction of sp³-hybridized carbons (Fsp3) is 0.310. The maximum atomic E-state index is 13.7. The van der Waals surface area contributed by atoms with E-state index in [1.54, 1.807) is 56.7 Å². The topological polar surface area (TPSA) is 114 Å². The highest BCUT2D eigenvalue weighted by Gasteiger charge is 2.36. The second kappa shape index (κ2) is 13.2. The first-order valence-electron chi connectivity index (χ1n) is 12.9. The van der Waals surface area contributed by atoms with E-state index in [1.165, 1.54) is 28.6 Å². The fourth-order valence-corrected chi connectivity index (χ4v) is 6.27. The predicted octanol–water partition coefficient (Wildman–Crippen LogP) is 4.15. The van der Waals surface area contributed by atoms with Gasteiger partial charge in [0.15, 0.2) is 0 Å². The number of halogens is 1. The molecule has 1 atom stereocenters. The number of nitrogens with zero attached hydrogens (tertiary/aromatic N) is 1. The third-order valence-electron chi connectivity index (χ3n) is 6.76. The molecular formula is C29H32ClN3O6S. The zero-order valence-corrected chi connectivity index (χ0v) is 23.9. The number of benzene rings is 3. The molecule has 2 amide bonds. The minimum absolute atomic E-state index is 0.0358. The van der Waals surface area contributed by atoms with Crippen molar-refractivity contribution in [1.29, 1.82) is 0 Å². The Kier molecular flexibility index (Phi) is 9.67. The molecule has 0 saturated carbocycles. The Labute approximate surface area is 239 Å². The molecule has 11 heteroatoms. The van der Waals surface area contributed by atoms with Crippen LogP contribution < -0.4 is 20.1 Å². The van der Waals surface area contributed by atoms with Crippen molar-refractivity contribution in [3.05, 3.63) is 88.4 Å². The summed E-state index contributed by atoms with van der Waals surface area (Å²) in [5.41, 5.74) is 1.81. The van der Waals surface area contributed by atoms with Crippen LogP contribution in [-0.2, 0) is 27.9 Å². The van der Waals surface area contributed by atoms with Crippen LogP contribution >= 0.6 is 11.6 Å². The Bertz CT molecular complexity index is 1450. The molecule has 0 spiro atoms. The van der Waals surface area contributed by atoms with Crippen molar-refractivity contribution in [2.75, 3.05) is 20.8 Å². The molecule has 0 unspecified atom stereocenters. The average Bonchev–Trinajstić information content (AvgIpc) is 3.18. The Morgan fingerprint density at radius 1 is 1.02 bits per heavy atom. The van der Waals surface area contributed by atoms with Crippen molar-refractivity contribution in [3.63, 3.8) is 0 Å². The van der Waals surface area contributed by atoms with E-state index in [0.717, 1.165) is 12.0 Å². The Morgan fingerprint density at radius 2 is 1.75 bits per heavy atom. The summed E-state index contributed by atoms with van der Waals surface area (Å²) >= 11 is 5.97. The summed E-state index contributed by atoms with van der Waals surface area (Å²) in [6, 6.07) is 17.0. The molecule has 3 aromatic carbocycles. The van der Waals surface area contributed by atoms with Gasteiger partial charge in [-0.25, -0.2) is 8.42 Å². The zero-order chi connectivity index (χ0) is 28.7. The van der Waals surface area contributed by atoms with Crippen molar-refractivity contribution < 1.29 is 27.5 Å². The summed E-state index contributed by atoms with van der Waals surface area (Å²) in [4.78, 5) is 25.8. The predicted molar refractivity (Wildman–Crippen MR) is 152 cm³/mol. The minimum atomic E-state index is -4.03. The first-order chi connectivity index (χ1) is 19.2. The van der Waals surface area contributed by atoms with Gasteiger partial charge in [-0.05, 0) is 79.4 Å². The van der Waals surface area contributed by atoms with Crippen molar-refractivity contribution in [2.24, 2.45) is 0 Å². The molecule has 1 fully saturated rings. The third kappa shape index (κ3) is 6.93. The lowest BCUT2D eigenvalue weighted by atomic mass is 10.1. The molecule has 4 rings (SSSR count). The quantitative estimate of drug-likeness (QED) is 0.370. The Balaban J connectivity index is 1.53. The van der Waals surface area contributed by atoms with Gasteiger partial charge in [0, 0.05) is 35.8 Å². The van der Waals surface area contributed by atoms with Crippen LogP contribution in [0.2, 0.25) is 5.02 Å². The summed E-state index contributed by atoms with van der Waals surface area (Å²) < 4.78 is 39.3. The highest BCUT2D eigenvalue weighted by Crippen LogP contribution is 2.27. The summed E-state index contributed by atoms with van der Waals surface area (Å²) in [6.45, 7) is 0.701. The summed E-state index contributed by atoms with van der Waals surface area (Å²) in [7, 11) is -0.909. The molecule has 0 bridgehead atoms. The Hall–Kier alpha value is -3.60. The molecule has 1 heterocycles. The molecule has 0 radical (unpaired) electrons. The molecule has 3 aromatic rings. The van der Waals surface area contributed by atoms with Crippen molar-refractivity contribution in [1.82, 2.24) is 14.9 Å². The Morgan fingerprint density at radius 3 is 2.42 bits per heavy atom. The lowest BCUT2D eigenvalue weighted by Gasteiger charge is -2.29. The highest BCUT2D eigenvalue weighted by atomic mass is 35.5.